The highest BCUT2D eigenvalue weighted by Gasteiger charge is 2.28. The zero-order chi connectivity index (χ0) is 14.8. The van der Waals surface area contributed by atoms with E-state index >= 15 is 0 Å². The van der Waals surface area contributed by atoms with Gasteiger partial charge in [0.2, 0.25) is 10.0 Å². The van der Waals surface area contributed by atoms with Crippen LogP contribution in [0.15, 0.2) is 21.5 Å². The Bertz CT molecular complexity index is 563. The number of nitrogens with zero attached hydrogens (tertiary/aromatic N) is 1. The van der Waals surface area contributed by atoms with Gasteiger partial charge in [0.25, 0.3) is 0 Å². The van der Waals surface area contributed by atoms with Gasteiger partial charge in [0, 0.05) is 29.7 Å². The van der Waals surface area contributed by atoms with Gasteiger partial charge in [-0.15, -0.1) is 0 Å². The van der Waals surface area contributed by atoms with E-state index in [4.69, 9.17) is 5.73 Å². The lowest BCUT2D eigenvalue weighted by Crippen LogP contribution is -2.35. The standard InChI is InChI=1S/C12H18BrFN2O2S/c1-4-8(2)16(3)19(17,18)11-6-10(13)5-9(7-15)12(11)14/h5-6,8H,4,7,15H2,1-3H3. The topological polar surface area (TPSA) is 63.4 Å². The van der Waals surface area contributed by atoms with Crippen LogP contribution in [0.4, 0.5) is 4.39 Å². The molecule has 1 atom stereocenters. The monoisotopic (exact) mass is 352 g/mol. The van der Waals surface area contributed by atoms with Gasteiger partial charge in [-0.25, -0.2) is 12.8 Å². The molecule has 0 radical (unpaired) electrons. The average Bonchev–Trinajstić information content (AvgIpc) is 2.38. The van der Waals surface area contributed by atoms with Crippen molar-refractivity contribution in [3.63, 3.8) is 0 Å². The number of hydrogen-bond donors (Lipinski definition) is 1. The normalized spacial score (nSPS) is 13.8. The van der Waals surface area contributed by atoms with E-state index in [2.05, 4.69) is 15.9 Å². The van der Waals surface area contributed by atoms with Gasteiger partial charge in [-0.1, -0.05) is 22.9 Å². The predicted octanol–water partition coefficient (Wildman–Crippen LogP) is 2.47. The summed E-state index contributed by atoms with van der Waals surface area (Å²) in [7, 11) is -2.41. The molecule has 0 saturated carbocycles. The quantitative estimate of drug-likeness (QED) is 0.885. The summed E-state index contributed by atoms with van der Waals surface area (Å²) in [5.41, 5.74) is 5.60. The van der Waals surface area contributed by atoms with E-state index in [0.29, 0.717) is 10.9 Å². The Morgan fingerprint density at radius 3 is 2.53 bits per heavy atom. The summed E-state index contributed by atoms with van der Waals surface area (Å²) in [6.45, 7) is 3.59. The summed E-state index contributed by atoms with van der Waals surface area (Å²) >= 11 is 3.18. The summed E-state index contributed by atoms with van der Waals surface area (Å²) in [5.74, 6) is -0.777. The van der Waals surface area contributed by atoms with Gasteiger partial charge in [-0.2, -0.15) is 4.31 Å². The van der Waals surface area contributed by atoms with E-state index in [1.54, 1.807) is 6.92 Å². The smallest absolute Gasteiger partial charge is 0.246 e. The Kier molecular flexibility index (Phi) is 5.49. The molecule has 1 aromatic rings. The highest BCUT2D eigenvalue weighted by Crippen LogP contribution is 2.27. The third kappa shape index (κ3) is 3.34. The van der Waals surface area contributed by atoms with E-state index in [1.807, 2.05) is 6.92 Å². The number of rotatable bonds is 5. The molecule has 108 valence electrons. The van der Waals surface area contributed by atoms with E-state index < -0.39 is 15.8 Å². The lowest BCUT2D eigenvalue weighted by molar-refractivity contribution is 0.378. The lowest BCUT2D eigenvalue weighted by Gasteiger charge is -2.24. The van der Waals surface area contributed by atoms with Crippen molar-refractivity contribution in [3.8, 4) is 0 Å². The molecule has 0 bridgehead atoms. The first kappa shape index (κ1) is 16.6. The third-order valence-corrected chi connectivity index (χ3v) is 5.60. The SMILES string of the molecule is CCC(C)N(C)S(=O)(=O)c1cc(Br)cc(CN)c1F. The van der Waals surface area contributed by atoms with Crippen LogP contribution in [-0.4, -0.2) is 25.8 Å². The minimum Gasteiger partial charge on any atom is -0.326 e. The highest BCUT2D eigenvalue weighted by atomic mass is 79.9. The molecule has 0 heterocycles. The maximum Gasteiger partial charge on any atom is 0.246 e. The minimum atomic E-state index is -3.86. The summed E-state index contributed by atoms with van der Waals surface area (Å²) in [6.07, 6.45) is 0.648. The summed E-state index contributed by atoms with van der Waals surface area (Å²) in [5, 5.41) is 0. The number of nitrogens with two attached hydrogens (primary N) is 1. The van der Waals surface area contributed by atoms with Gasteiger partial charge in [0.05, 0.1) is 0 Å². The Morgan fingerprint density at radius 1 is 1.47 bits per heavy atom. The second kappa shape index (κ2) is 6.30. The van der Waals surface area contributed by atoms with Crippen molar-refractivity contribution in [1.29, 1.82) is 0 Å². The molecule has 2 N–H and O–H groups in total. The van der Waals surface area contributed by atoms with Crippen LogP contribution in [-0.2, 0) is 16.6 Å². The molecule has 1 rings (SSSR count). The van der Waals surface area contributed by atoms with Crippen molar-refractivity contribution in [2.45, 2.75) is 37.8 Å². The molecule has 0 spiro atoms. The van der Waals surface area contributed by atoms with Crippen LogP contribution in [0.25, 0.3) is 0 Å². The van der Waals surface area contributed by atoms with Crippen molar-refractivity contribution in [2.75, 3.05) is 7.05 Å². The van der Waals surface area contributed by atoms with Crippen molar-refractivity contribution in [1.82, 2.24) is 4.31 Å². The van der Waals surface area contributed by atoms with Gasteiger partial charge in [0.1, 0.15) is 10.7 Å². The largest absolute Gasteiger partial charge is 0.326 e. The van der Waals surface area contributed by atoms with Crippen LogP contribution in [0.3, 0.4) is 0 Å². The number of benzene rings is 1. The molecule has 0 aliphatic carbocycles. The lowest BCUT2D eigenvalue weighted by atomic mass is 10.2. The zero-order valence-electron chi connectivity index (χ0n) is 11.2. The first-order valence-electron chi connectivity index (χ1n) is 5.91. The van der Waals surface area contributed by atoms with Crippen LogP contribution < -0.4 is 5.73 Å². The molecule has 0 aliphatic heterocycles. The molecule has 7 heteroatoms. The molecule has 0 aliphatic rings. The average molecular weight is 353 g/mol. The zero-order valence-corrected chi connectivity index (χ0v) is 13.6. The van der Waals surface area contributed by atoms with Gasteiger partial charge in [-0.3, -0.25) is 0 Å². The molecule has 1 aromatic carbocycles. The van der Waals surface area contributed by atoms with Crippen molar-refractivity contribution in [2.24, 2.45) is 5.73 Å². The fourth-order valence-electron chi connectivity index (χ4n) is 1.60. The van der Waals surface area contributed by atoms with Crippen molar-refractivity contribution in [3.05, 3.63) is 28.0 Å². The predicted molar refractivity (Wildman–Crippen MR) is 76.7 cm³/mol. The van der Waals surface area contributed by atoms with Gasteiger partial charge < -0.3 is 5.73 Å². The van der Waals surface area contributed by atoms with Gasteiger partial charge in [-0.05, 0) is 25.5 Å². The van der Waals surface area contributed by atoms with E-state index in [9.17, 15) is 12.8 Å². The highest BCUT2D eigenvalue weighted by molar-refractivity contribution is 9.10. The fourth-order valence-corrected chi connectivity index (χ4v) is 3.83. The summed E-state index contributed by atoms with van der Waals surface area (Å²) in [4.78, 5) is -0.342. The summed E-state index contributed by atoms with van der Waals surface area (Å²) < 4.78 is 40.6. The molecule has 0 saturated heterocycles. The fraction of sp³-hybridized carbons (Fsp3) is 0.500. The first-order chi connectivity index (χ1) is 8.75. The Labute approximate surface area is 122 Å². The maximum absolute atomic E-state index is 14.2. The second-order valence-corrected chi connectivity index (χ2v) is 7.24. The Morgan fingerprint density at radius 2 is 2.05 bits per heavy atom. The molecule has 0 fully saturated rings. The van der Waals surface area contributed by atoms with E-state index in [0.717, 1.165) is 0 Å². The van der Waals surface area contributed by atoms with Crippen LogP contribution in [0, 0.1) is 5.82 Å². The molecule has 1 unspecified atom stereocenters. The van der Waals surface area contributed by atoms with Crippen LogP contribution in [0.5, 0.6) is 0 Å². The second-order valence-electron chi connectivity index (χ2n) is 4.36. The number of hydrogen-bond acceptors (Lipinski definition) is 3. The van der Waals surface area contributed by atoms with Gasteiger partial charge in [0.15, 0.2) is 0 Å². The molecular weight excluding hydrogens is 335 g/mol. The molecule has 19 heavy (non-hydrogen) atoms. The number of halogens is 2. The molecule has 0 amide bonds. The molecular formula is C12H18BrFN2O2S. The number of sulfonamides is 1. The van der Waals surface area contributed by atoms with Crippen LogP contribution in [0.1, 0.15) is 25.8 Å². The molecule has 0 aromatic heterocycles. The third-order valence-electron chi connectivity index (χ3n) is 3.17. The van der Waals surface area contributed by atoms with Crippen LogP contribution >= 0.6 is 15.9 Å². The Balaban J connectivity index is 3.41. The van der Waals surface area contributed by atoms with E-state index in [-0.39, 0.29) is 23.0 Å². The summed E-state index contributed by atoms with van der Waals surface area (Å²) in [6, 6.07) is 2.55. The first-order valence-corrected chi connectivity index (χ1v) is 8.15. The maximum atomic E-state index is 14.2. The van der Waals surface area contributed by atoms with Crippen molar-refractivity contribution >= 4 is 26.0 Å². The van der Waals surface area contributed by atoms with Crippen molar-refractivity contribution < 1.29 is 12.8 Å². The molecule has 4 nitrogen and oxygen atoms in total. The Hall–Kier alpha value is -0.500. The van der Waals surface area contributed by atoms with E-state index in [1.165, 1.54) is 23.5 Å². The minimum absolute atomic E-state index is 0.0547. The van der Waals surface area contributed by atoms with Gasteiger partial charge >= 0.3 is 0 Å². The van der Waals surface area contributed by atoms with Crippen LogP contribution in [0.2, 0.25) is 0 Å².